The minimum absolute atomic E-state index is 0.350. The van der Waals surface area contributed by atoms with Gasteiger partial charge in [0.15, 0.2) is 0 Å². The van der Waals surface area contributed by atoms with Crippen LogP contribution in [-0.4, -0.2) is 18.1 Å². The van der Waals surface area contributed by atoms with Crippen molar-refractivity contribution in [1.29, 1.82) is 0 Å². The van der Waals surface area contributed by atoms with Gasteiger partial charge in [0.05, 0.1) is 5.02 Å². The van der Waals surface area contributed by atoms with Gasteiger partial charge in [-0.3, -0.25) is 0 Å². The fourth-order valence-electron chi connectivity index (χ4n) is 2.23. The highest BCUT2D eigenvalue weighted by atomic mass is 35.5. The molecule has 0 radical (unpaired) electrons. The van der Waals surface area contributed by atoms with Crippen molar-refractivity contribution in [3.8, 4) is 0 Å². The molecule has 17 heavy (non-hydrogen) atoms. The van der Waals surface area contributed by atoms with Crippen LogP contribution >= 0.6 is 23.8 Å². The second-order valence-corrected chi connectivity index (χ2v) is 6.21. The molecule has 2 rings (SSSR count). The molecule has 4 heteroatoms. The Hall–Kier alpha value is -0.800. The maximum Gasteiger partial charge on any atom is 0.105 e. The average Bonchev–Trinajstić information content (AvgIpc) is 2.58. The molecule has 1 fully saturated rings. The van der Waals surface area contributed by atoms with E-state index in [-0.39, 0.29) is 0 Å². The predicted molar refractivity (Wildman–Crippen MR) is 78.0 cm³/mol. The van der Waals surface area contributed by atoms with Crippen LogP contribution in [0.1, 0.15) is 25.8 Å². The predicted octanol–water partition coefficient (Wildman–Crippen LogP) is 3.21. The minimum atomic E-state index is 0.350. The number of hydrogen-bond donors (Lipinski definition) is 1. The Morgan fingerprint density at radius 1 is 1.47 bits per heavy atom. The highest BCUT2D eigenvalue weighted by Crippen LogP contribution is 2.33. The second-order valence-electron chi connectivity index (χ2n) is 5.36. The Morgan fingerprint density at radius 3 is 2.65 bits per heavy atom. The number of rotatable bonds is 2. The van der Waals surface area contributed by atoms with Crippen LogP contribution in [0.3, 0.4) is 0 Å². The van der Waals surface area contributed by atoms with Crippen molar-refractivity contribution in [3.63, 3.8) is 0 Å². The van der Waals surface area contributed by atoms with Gasteiger partial charge in [-0.1, -0.05) is 37.7 Å². The van der Waals surface area contributed by atoms with Crippen molar-refractivity contribution < 1.29 is 0 Å². The van der Waals surface area contributed by atoms with Gasteiger partial charge in [0.2, 0.25) is 0 Å². The van der Waals surface area contributed by atoms with Gasteiger partial charge in [-0.2, -0.15) is 0 Å². The van der Waals surface area contributed by atoms with E-state index in [1.165, 1.54) is 6.42 Å². The molecular formula is C13H17ClN2S. The Labute approximate surface area is 113 Å². The van der Waals surface area contributed by atoms with Crippen LogP contribution in [0.15, 0.2) is 18.2 Å². The second kappa shape index (κ2) is 4.46. The minimum Gasteiger partial charge on any atom is -0.389 e. The summed E-state index contributed by atoms with van der Waals surface area (Å²) in [6.07, 6.45) is 1.21. The maximum atomic E-state index is 6.18. The molecule has 0 bridgehead atoms. The van der Waals surface area contributed by atoms with Gasteiger partial charge in [0.25, 0.3) is 0 Å². The molecule has 0 saturated carbocycles. The number of nitrogens with zero attached hydrogens (tertiary/aromatic N) is 1. The quantitative estimate of drug-likeness (QED) is 0.836. The SMILES string of the molecule is CC1(C)CCN(c2ccc(C(N)=S)c(Cl)c2)C1. The van der Waals surface area contributed by atoms with Crippen molar-refractivity contribution in [2.45, 2.75) is 20.3 Å². The summed E-state index contributed by atoms with van der Waals surface area (Å²) in [5.41, 5.74) is 7.88. The van der Waals surface area contributed by atoms with Gasteiger partial charge in [0.1, 0.15) is 4.99 Å². The monoisotopic (exact) mass is 268 g/mol. The van der Waals surface area contributed by atoms with E-state index in [4.69, 9.17) is 29.6 Å². The number of hydrogen-bond acceptors (Lipinski definition) is 2. The van der Waals surface area contributed by atoms with E-state index in [2.05, 4.69) is 18.7 Å². The lowest BCUT2D eigenvalue weighted by atomic mass is 9.93. The van der Waals surface area contributed by atoms with Crippen LogP contribution in [0.2, 0.25) is 5.02 Å². The maximum absolute atomic E-state index is 6.18. The molecule has 0 aromatic heterocycles. The number of nitrogens with two attached hydrogens (primary N) is 1. The van der Waals surface area contributed by atoms with Gasteiger partial charge in [-0.05, 0) is 30.0 Å². The van der Waals surface area contributed by atoms with Gasteiger partial charge < -0.3 is 10.6 Å². The van der Waals surface area contributed by atoms with E-state index >= 15 is 0 Å². The normalized spacial score (nSPS) is 18.4. The van der Waals surface area contributed by atoms with Crippen LogP contribution in [0.25, 0.3) is 0 Å². The standard InChI is InChI=1S/C13H17ClN2S/c1-13(2)5-6-16(8-13)9-3-4-10(12(15)17)11(14)7-9/h3-4,7H,5-6,8H2,1-2H3,(H2,15,17). The molecule has 1 aromatic carbocycles. The smallest absolute Gasteiger partial charge is 0.105 e. The van der Waals surface area contributed by atoms with Crippen molar-refractivity contribution in [3.05, 3.63) is 28.8 Å². The fraction of sp³-hybridized carbons (Fsp3) is 0.462. The lowest BCUT2D eigenvalue weighted by Crippen LogP contribution is -2.22. The largest absolute Gasteiger partial charge is 0.389 e. The summed E-state index contributed by atoms with van der Waals surface area (Å²) < 4.78 is 0. The van der Waals surface area contributed by atoms with Crippen LogP contribution in [-0.2, 0) is 0 Å². The van der Waals surface area contributed by atoms with E-state index < -0.39 is 0 Å². The van der Waals surface area contributed by atoms with E-state index in [0.29, 0.717) is 15.4 Å². The lowest BCUT2D eigenvalue weighted by Gasteiger charge is -2.22. The summed E-state index contributed by atoms with van der Waals surface area (Å²) in [5.74, 6) is 0. The summed E-state index contributed by atoms with van der Waals surface area (Å²) in [4.78, 5) is 2.71. The summed E-state index contributed by atoms with van der Waals surface area (Å²) in [6.45, 7) is 6.72. The molecule has 92 valence electrons. The molecule has 1 saturated heterocycles. The highest BCUT2D eigenvalue weighted by Gasteiger charge is 2.29. The molecule has 1 aromatic rings. The fourth-order valence-corrected chi connectivity index (χ4v) is 2.74. The van der Waals surface area contributed by atoms with E-state index in [1.54, 1.807) is 0 Å². The van der Waals surface area contributed by atoms with Crippen molar-refractivity contribution in [2.24, 2.45) is 11.1 Å². The third kappa shape index (κ3) is 2.72. The summed E-state index contributed by atoms with van der Waals surface area (Å²) >= 11 is 11.1. The molecule has 1 aliphatic heterocycles. The number of benzene rings is 1. The lowest BCUT2D eigenvalue weighted by molar-refractivity contribution is 0.418. The molecule has 2 nitrogen and oxygen atoms in total. The van der Waals surface area contributed by atoms with Gasteiger partial charge in [-0.25, -0.2) is 0 Å². The molecule has 1 heterocycles. The number of halogens is 1. The third-order valence-electron chi connectivity index (χ3n) is 3.26. The molecule has 0 aliphatic carbocycles. The first kappa shape index (κ1) is 12.7. The Kier molecular flexibility index (Phi) is 3.32. The van der Waals surface area contributed by atoms with Crippen LogP contribution < -0.4 is 10.6 Å². The highest BCUT2D eigenvalue weighted by molar-refractivity contribution is 7.80. The molecular weight excluding hydrogens is 252 g/mol. The van der Waals surface area contributed by atoms with Crippen LogP contribution in [0, 0.1) is 5.41 Å². The first-order valence-electron chi connectivity index (χ1n) is 5.73. The molecule has 0 unspecified atom stereocenters. The summed E-state index contributed by atoms with van der Waals surface area (Å²) in [5, 5.41) is 0.639. The van der Waals surface area contributed by atoms with Crippen LogP contribution in [0.5, 0.6) is 0 Å². The van der Waals surface area contributed by atoms with E-state index in [9.17, 15) is 0 Å². The Balaban J connectivity index is 2.24. The number of anilines is 1. The average molecular weight is 269 g/mol. The molecule has 1 aliphatic rings. The van der Waals surface area contributed by atoms with E-state index in [1.807, 2.05) is 18.2 Å². The zero-order valence-corrected chi connectivity index (χ0v) is 11.7. The molecule has 0 amide bonds. The molecule has 0 atom stereocenters. The first-order chi connectivity index (χ1) is 7.89. The van der Waals surface area contributed by atoms with Gasteiger partial charge in [0, 0.05) is 24.3 Å². The van der Waals surface area contributed by atoms with Crippen LogP contribution in [0.4, 0.5) is 5.69 Å². The Morgan fingerprint density at radius 2 is 2.18 bits per heavy atom. The van der Waals surface area contributed by atoms with Gasteiger partial charge in [-0.15, -0.1) is 0 Å². The summed E-state index contributed by atoms with van der Waals surface area (Å²) in [7, 11) is 0. The van der Waals surface area contributed by atoms with Crippen molar-refractivity contribution >= 4 is 34.5 Å². The number of thiocarbonyl (C=S) groups is 1. The molecule has 2 N–H and O–H groups in total. The Bertz CT molecular complexity index is 457. The first-order valence-corrected chi connectivity index (χ1v) is 6.52. The topological polar surface area (TPSA) is 29.3 Å². The van der Waals surface area contributed by atoms with Gasteiger partial charge >= 0.3 is 0 Å². The zero-order valence-electron chi connectivity index (χ0n) is 10.2. The van der Waals surface area contributed by atoms with Crippen molar-refractivity contribution in [1.82, 2.24) is 0 Å². The molecule has 0 spiro atoms. The summed E-state index contributed by atoms with van der Waals surface area (Å²) in [6, 6.07) is 5.91. The third-order valence-corrected chi connectivity index (χ3v) is 3.79. The van der Waals surface area contributed by atoms with E-state index in [0.717, 1.165) is 24.3 Å². The zero-order chi connectivity index (χ0) is 12.6. The van der Waals surface area contributed by atoms with Crippen molar-refractivity contribution in [2.75, 3.05) is 18.0 Å².